The Morgan fingerprint density at radius 2 is 1.96 bits per heavy atom. The summed E-state index contributed by atoms with van der Waals surface area (Å²) in [5.74, 6) is -2.50. The van der Waals surface area contributed by atoms with Gasteiger partial charge in [-0.2, -0.15) is 13.2 Å². The molecule has 0 radical (unpaired) electrons. The van der Waals surface area contributed by atoms with Gasteiger partial charge in [-0.25, -0.2) is 4.79 Å². The maximum atomic E-state index is 12.4. The van der Waals surface area contributed by atoms with E-state index in [4.69, 9.17) is 4.74 Å². The Hall–Kier alpha value is -2.84. The van der Waals surface area contributed by atoms with Crippen LogP contribution in [0.1, 0.15) is 18.9 Å². The predicted octanol–water partition coefficient (Wildman–Crippen LogP) is 2.61. The number of hydrogen-bond donors (Lipinski definition) is 1. The summed E-state index contributed by atoms with van der Waals surface area (Å²) in [6.07, 6.45) is -1.92. The molecule has 2 rings (SSSR count). The number of halogens is 3. The number of anilines is 1. The van der Waals surface area contributed by atoms with E-state index in [1.807, 2.05) is 0 Å². The van der Waals surface area contributed by atoms with E-state index in [0.29, 0.717) is 16.2 Å². The zero-order valence-electron chi connectivity index (χ0n) is 14.6. The molecule has 1 heterocycles. The fraction of sp³-hybridized carbons (Fsp3) is 0.389. The van der Waals surface area contributed by atoms with Crippen LogP contribution < -0.4 is 5.32 Å². The second-order valence-corrected chi connectivity index (χ2v) is 5.99. The van der Waals surface area contributed by atoms with Crippen LogP contribution in [0.15, 0.2) is 30.3 Å². The van der Waals surface area contributed by atoms with E-state index in [1.54, 1.807) is 37.3 Å². The molecule has 0 spiro atoms. The van der Waals surface area contributed by atoms with Gasteiger partial charge < -0.3 is 15.0 Å². The molecule has 1 atom stereocenters. The van der Waals surface area contributed by atoms with Gasteiger partial charge in [-0.1, -0.05) is 12.1 Å². The van der Waals surface area contributed by atoms with Gasteiger partial charge in [0.2, 0.25) is 11.8 Å². The highest BCUT2D eigenvalue weighted by atomic mass is 19.4. The highest BCUT2D eigenvalue weighted by Gasteiger charge is 2.40. The molecule has 27 heavy (non-hydrogen) atoms. The minimum Gasteiger partial charge on any atom is -0.463 e. The number of rotatable bonds is 6. The van der Waals surface area contributed by atoms with Gasteiger partial charge in [0.25, 0.3) is 0 Å². The molecule has 1 aliphatic rings. The number of carbonyl (C=O) groups is 3. The predicted molar refractivity (Wildman–Crippen MR) is 91.5 cm³/mol. The number of hydrogen-bond acceptors (Lipinski definition) is 4. The van der Waals surface area contributed by atoms with Crippen molar-refractivity contribution in [3.63, 3.8) is 0 Å². The summed E-state index contributed by atoms with van der Waals surface area (Å²) in [4.78, 5) is 35.7. The second kappa shape index (κ2) is 8.70. The average molecular weight is 384 g/mol. The van der Waals surface area contributed by atoms with Crippen LogP contribution in [0.4, 0.5) is 18.9 Å². The number of carbonyl (C=O) groups excluding carboxylic acids is 3. The largest absolute Gasteiger partial charge is 0.463 e. The number of esters is 1. The summed E-state index contributed by atoms with van der Waals surface area (Å²) in [5.41, 5.74) is 1.14. The van der Waals surface area contributed by atoms with Crippen molar-refractivity contribution in [2.45, 2.75) is 19.5 Å². The van der Waals surface area contributed by atoms with Crippen molar-refractivity contribution in [1.82, 2.24) is 4.90 Å². The molecule has 1 aliphatic heterocycles. The van der Waals surface area contributed by atoms with Crippen molar-refractivity contribution < 1.29 is 32.3 Å². The van der Waals surface area contributed by atoms with Gasteiger partial charge in [-0.3, -0.25) is 9.59 Å². The van der Waals surface area contributed by atoms with Crippen molar-refractivity contribution in [3.05, 3.63) is 35.9 Å². The second-order valence-electron chi connectivity index (χ2n) is 5.99. The van der Waals surface area contributed by atoms with Gasteiger partial charge >= 0.3 is 12.1 Å². The SMILES string of the molecule is CCOC(=O)/C=C/c1ccc(NC(=O)C2CC(=O)N(CC(F)(F)F)C2)cc1. The van der Waals surface area contributed by atoms with E-state index in [0.717, 1.165) is 0 Å². The molecule has 1 unspecified atom stereocenters. The van der Waals surface area contributed by atoms with Gasteiger partial charge in [-0.05, 0) is 30.7 Å². The molecule has 1 N–H and O–H groups in total. The molecule has 1 aromatic carbocycles. The monoisotopic (exact) mass is 384 g/mol. The van der Waals surface area contributed by atoms with E-state index in [9.17, 15) is 27.6 Å². The number of nitrogens with zero attached hydrogens (tertiary/aromatic N) is 1. The summed E-state index contributed by atoms with van der Waals surface area (Å²) < 4.78 is 42.0. The molecule has 146 valence electrons. The number of benzene rings is 1. The Balaban J connectivity index is 1.91. The Morgan fingerprint density at radius 3 is 2.56 bits per heavy atom. The lowest BCUT2D eigenvalue weighted by Gasteiger charge is -2.18. The van der Waals surface area contributed by atoms with E-state index >= 15 is 0 Å². The Morgan fingerprint density at radius 1 is 1.30 bits per heavy atom. The van der Waals surface area contributed by atoms with E-state index in [-0.39, 0.29) is 19.6 Å². The van der Waals surface area contributed by atoms with Crippen LogP contribution in [-0.4, -0.2) is 48.6 Å². The van der Waals surface area contributed by atoms with E-state index in [1.165, 1.54) is 6.08 Å². The number of likely N-dealkylation sites (tertiary alicyclic amines) is 1. The molecule has 0 aromatic heterocycles. The van der Waals surface area contributed by atoms with Crippen molar-refractivity contribution in [2.24, 2.45) is 5.92 Å². The first kappa shape index (κ1) is 20.5. The third-order valence-electron chi connectivity index (χ3n) is 3.83. The lowest BCUT2D eigenvalue weighted by atomic mass is 10.1. The van der Waals surface area contributed by atoms with E-state index in [2.05, 4.69) is 5.32 Å². The summed E-state index contributed by atoms with van der Waals surface area (Å²) in [5, 5.41) is 2.59. The first-order valence-corrected chi connectivity index (χ1v) is 8.28. The summed E-state index contributed by atoms with van der Waals surface area (Å²) in [7, 11) is 0. The van der Waals surface area contributed by atoms with Gasteiger partial charge in [0.15, 0.2) is 0 Å². The molecule has 1 aromatic rings. The number of nitrogens with one attached hydrogen (secondary N) is 1. The van der Waals surface area contributed by atoms with Gasteiger partial charge in [-0.15, -0.1) is 0 Å². The fourth-order valence-corrected chi connectivity index (χ4v) is 2.59. The lowest BCUT2D eigenvalue weighted by molar-refractivity contribution is -0.157. The molecule has 0 saturated carbocycles. The average Bonchev–Trinajstić information content (AvgIpc) is 2.93. The Labute approximate surface area is 154 Å². The third-order valence-corrected chi connectivity index (χ3v) is 3.83. The van der Waals surface area contributed by atoms with Crippen molar-refractivity contribution >= 4 is 29.5 Å². The standard InChI is InChI=1S/C18H19F3N2O4/c1-2-27-16(25)8-5-12-3-6-14(7-4-12)22-17(26)13-9-15(24)23(10-13)11-18(19,20)21/h3-8,13H,2,9-11H2,1H3,(H,22,26)/b8-5+. The van der Waals surface area contributed by atoms with Crippen LogP contribution in [0.5, 0.6) is 0 Å². The first-order chi connectivity index (χ1) is 12.7. The third kappa shape index (κ3) is 6.43. The van der Waals surface area contributed by atoms with Crippen LogP contribution in [-0.2, 0) is 19.1 Å². The lowest BCUT2D eigenvalue weighted by Crippen LogP contribution is -2.36. The summed E-state index contributed by atoms with van der Waals surface area (Å²) in [6, 6.07) is 6.49. The zero-order chi connectivity index (χ0) is 20.0. The highest BCUT2D eigenvalue weighted by Crippen LogP contribution is 2.25. The molecule has 0 bridgehead atoms. The Bertz CT molecular complexity index is 729. The molecule has 0 aliphatic carbocycles. The molecular formula is C18H19F3N2O4. The van der Waals surface area contributed by atoms with Crippen LogP contribution in [0.25, 0.3) is 6.08 Å². The minimum absolute atomic E-state index is 0.248. The van der Waals surface area contributed by atoms with Crippen molar-refractivity contribution in [1.29, 1.82) is 0 Å². The zero-order valence-corrected chi connectivity index (χ0v) is 14.6. The minimum atomic E-state index is -4.49. The maximum absolute atomic E-state index is 12.4. The summed E-state index contributed by atoms with van der Waals surface area (Å²) >= 11 is 0. The number of alkyl halides is 3. The smallest absolute Gasteiger partial charge is 0.406 e. The van der Waals surface area contributed by atoms with Crippen LogP contribution >= 0.6 is 0 Å². The highest BCUT2D eigenvalue weighted by molar-refractivity contribution is 5.97. The Kier molecular flexibility index (Phi) is 6.59. The molecular weight excluding hydrogens is 365 g/mol. The van der Waals surface area contributed by atoms with Gasteiger partial charge in [0.05, 0.1) is 12.5 Å². The molecule has 9 heteroatoms. The molecule has 6 nitrogen and oxygen atoms in total. The van der Waals surface area contributed by atoms with Crippen LogP contribution in [0, 0.1) is 5.92 Å². The quantitative estimate of drug-likeness (QED) is 0.604. The number of amides is 2. The van der Waals surface area contributed by atoms with E-state index < -0.39 is 36.4 Å². The van der Waals surface area contributed by atoms with Crippen LogP contribution in [0.2, 0.25) is 0 Å². The fourth-order valence-electron chi connectivity index (χ4n) is 2.59. The van der Waals surface area contributed by atoms with Gasteiger partial charge in [0, 0.05) is 24.7 Å². The van der Waals surface area contributed by atoms with Crippen LogP contribution in [0.3, 0.4) is 0 Å². The van der Waals surface area contributed by atoms with Crippen molar-refractivity contribution in [3.8, 4) is 0 Å². The van der Waals surface area contributed by atoms with Gasteiger partial charge in [0.1, 0.15) is 6.54 Å². The number of ether oxygens (including phenoxy) is 1. The first-order valence-electron chi connectivity index (χ1n) is 8.28. The maximum Gasteiger partial charge on any atom is 0.406 e. The summed E-state index contributed by atoms with van der Waals surface area (Å²) in [6.45, 7) is 0.364. The molecule has 2 amide bonds. The van der Waals surface area contributed by atoms with Crippen molar-refractivity contribution in [2.75, 3.05) is 25.0 Å². The topological polar surface area (TPSA) is 75.7 Å². The molecule has 1 saturated heterocycles. The molecule has 1 fully saturated rings. The normalized spacial score (nSPS) is 17.4.